The number of benzene rings is 4. The lowest BCUT2D eigenvalue weighted by atomic mass is 10.0. The van der Waals surface area contributed by atoms with Crippen LogP contribution in [0.5, 0.6) is 5.75 Å². The van der Waals surface area contributed by atoms with E-state index in [0.717, 1.165) is 47.7 Å². The minimum atomic E-state index is -4.39. The van der Waals surface area contributed by atoms with E-state index < -0.39 is 46.1 Å². The van der Waals surface area contributed by atoms with E-state index in [1.165, 1.54) is 66.6 Å². The number of anilines is 1. The molecule has 4 aromatic rings. The van der Waals surface area contributed by atoms with Gasteiger partial charge < -0.3 is 15.0 Å². The Kier molecular flexibility index (Phi) is 10.9. The molecule has 47 heavy (non-hydrogen) atoms. The average Bonchev–Trinajstić information content (AvgIpc) is 3.60. The van der Waals surface area contributed by atoms with Crippen molar-refractivity contribution in [2.45, 2.75) is 55.6 Å². The van der Waals surface area contributed by atoms with E-state index in [9.17, 15) is 22.4 Å². The Hall–Kier alpha value is -4.77. The second-order valence-electron chi connectivity index (χ2n) is 11.5. The third-order valence-corrected chi connectivity index (χ3v) is 10.1. The summed E-state index contributed by atoms with van der Waals surface area (Å²) < 4.78 is 63.3. The number of nitrogens with zero attached hydrogens (tertiary/aromatic N) is 2. The van der Waals surface area contributed by atoms with Crippen LogP contribution in [0.4, 0.5) is 14.5 Å². The number of ether oxygens (including phenoxy) is 1. The highest BCUT2D eigenvalue weighted by Gasteiger charge is 2.36. The van der Waals surface area contributed by atoms with E-state index >= 15 is 4.39 Å². The molecular formula is C36H37F2N3O5S. The van der Waals surface area contributed by atoms with Gasteiger partial charge >= 0.3 is 0 Å². The summed E-state index contributed by atoms with van der Waals surface area (Å²) in [5.41, 5.74) is 0.974. The summed E-state index contributed by atoms with van der Waals surface area (Å²) in [7, 11) is -2.94. The highest BCUT2D eigenvalue weighted by atomic mass is 32.2. The van der Waals surface area contributed by atoms with Gasteiger partial charge in [-0.3, -0.25) is 13.9 Å². The van der Waals surface area contributed by atoms with Crippen LogP contribution in [0, 0.1) is 11.6 Å². The van der Waals surface area contributed by atoms with Crippen LogP contribution in [0.2, 0.25) is 0 Å². The van der Waals surface area contributed by atoms with Gasteiger partial charge in [0.25, 0.3) is 10.0 Å². The van der Waals surface area contributed by atoms with Crippen LogP contribution in [0.25, 0.3) is 0 Å². The quantitative estimate of drug-likeness (QED) is 0.194. The second kappa shape index (κ2) is 15.2. The predicted molar refractivity (Wildman–Crippen MR) is 175 cm³/mol. The van der Waals surface area contributed by atoms with Crippen molar-refractivity contribution in [2.75, 3.05) is 18.0 Å². The van der Waals surface area contributed by atoms with Gasteiger partial charge in [-0.15, -0.1) is 0 Å². The Morgan fingerprint density at radius 1 is 0.872 bits per heavy atom. The Balaban J connectivity index is 1.56. The lowest BCUT2D eigenvalue weighted by Crippen LogP contribution is -2.54. The van der Waals surface area contributed by atoms with Crippen molar-refractivity contribution in [1.82, 2.24) is 10.2 Å². The van der Waals surface area contributed by atoms with Crippen molar-refractivity contribution < 1.29 is 31.5 Å². The number of hydrogen-bond donors (Lipinski definition) is 1. The monoisotopic (exact) mass is 661 g/mol. The van der Waals surface area contributed by atoms with Gasteiger partial charge in [0.1, 0.15) is 30.0 Å². The molecule has 1 fully saturated rings. The van der Waals surface area contributed by atoms with Crippen LogP contribution in [0.15, 0.2) is 108 Å². The molecule has 8 nitrogen and oxygen atoms in total. The van der Waals surface area contributed by atoms with Crippen molar-refractivity contribution in [3.05, 3.63) is 126 Å². The average molecular weight is 662 g/mol. The molecule has 0 heterocycles. The molecule has 0 aromatic heterocycles. The molecule has 4 aromatic carbocycles. The number of nitrogens with one attached hydrogen (secondary N) is 1. The first-order valence-corrected chi connectivity index (χ1v) is 16.9. The molecule has 246 valence electrons. The van der Waals surface area contributed by atoms with Gasteiger partial charge in [0.05, 0.1) is 17.7 Å². The van der Waals surface area contributed by atoms with E-state index in [-0.39, 0.29) is 35.2 Å². The van der Waals surface area contributed by atoms with Crippen molar-refractivity contribution >= 4 is 27.5 Å². The molecular weight excluding hydrogens is 624 g/mol. The molecule has 0 saturated heterocycles. The summed E-state index contributed by atoms with van der Waals surface area (Å²) in [5.74, 6) is -1.87. The summed E-state index contributed by atoms with van der Waals surface area (Å²) in [5, 5.41) is 3.08. The zero-order valence-corrected chi connectivity index (χ0v) is 26.8. The molecule has 1 saturated carbocycles. The van der Waals surface area contributed by atoms with Gasteiger partial charge in [0.15, 0.2) is 0 Å². The van der Waals surface area contributed by atoms with E-state index in [2.05, 4.69) is 5.32 Å². The summed E-state index contributed by atoms with van der Waals surface area (Å²) in [6.45, 7) is -1.03. The maximum atomic E-state index is 15.1. The number of sulfonamides is 1. The lowest BCUT2D eigenvalue weighted by Gasteiger charge is -2.34. The first-order chi connectivity index (χ1) is 22.7. The van der Waals surface area contributed by atoms with E-state index in [0.29, 0.717) is 5.75 Å². The fourth-order valence-corrected chi connectivity index (χ4v) is 7.16. The Morgan fingerprint density at radius 2 is 1.51 bits per heavy atom. The molecule has 0 radical (unpaired) electrons. The molecule has 5 rings (SSSR count). The molecule has 11 heteroatoms. The minimum Gasteiger partial charge on any atom is -0.497 e. The number of methoxy groups -OCH3 is 1. The first-order valence-electron chi connectivity index (χ1n) is 15.5. The number of carbonyl (C=O) groups is 2. The molecule has 0 bridgehead atoms. The van der Waals surface area contributed by atoms with Crippen LogP contribution >= 0.6 is 0 Å². The van der Waals surface area contributed by atoms with E-state index in [4.69, 9.17) is 4.74 Å². The van der Waals surface area contributed by atoms with Gasteiger partial charge in [0.2, 0.25) is 11.8 Å². The SMILES string of the molecule is COc1ccc(S(=O)(=O)N(CC(=O)N(Cc2ccccc2F)[C@@H](Cc2ccccc2)C(=O)NC2CCCC2)c2ccc(F)cc2)cc1. The number of hydrogen-bond acceptors (Lipinski definition) is 5. The normalized spacial score (nSPS) is 13.9. The summed E-state index contributed by atoms with van der Waals surface area (Å²) >= 11 is 0. The molecule has 1 N–H and O–H groups in total. The number of amides is 2. The van der Waals surface area contributed by atoms with Crippen LogP contribution in [0.1, 0.15) is 36.8 Å². The topological polar surface area (TPSA) is 96.0 Å². The fourth-order valence-electron chi connectivity index (χ4n) is 5.74. The maximum absolute atomic E-state index is 15.1. The first kappa shape index (κ1) is 33.6. The molecule has 1 atom stereocenters. The smallest absolute Gasteiger partial charge is 0.264 e. The largest absolute Gasteiger partial charge is 0.497 e. The lowest BCUT2D eigenvalue weighted by molar-refractivity contribution is -0.140. The highest BCUT2D eigenvalue weighted by Crippen LogP contribution is 2.27. The van der Waals surface area contributed by atoms with Crippen LogP contribution in [0.3, 0.4) is 0 Å². The summed E-state index contributed by atoms with van der Waals surface area (Å²) in [6, 6.07) is 24.3. The van der Waals surface area contributed by atoms with Crippen molar-refractivity contribution in [1.29, 1.82) is 0 Å². The van der Waals surface area contributed by atoms with Crippen molar-refractivity contribution in [2.24, 2.45) is 0 Å². The van der Waals surface area contributed by atoms with Crippen LogP contribution in [-0.2, 0) is 32.6 Å². The van der Waals surface area contributed by atoms with Gasteiger partial charge in [-0.05, 0) is 73.0 Å². The zero-order chi connectivity index (χ0) is 33.4. The number of halogens is 2. The van der Waals surface area contributed by atoms with E-state index in [1.807, 2.05) is 30.3 Å². The molecule has 0 spiro atoms. The third-order valence-electron chi connectivity index (χ3n) is 8.31. The standard InChI is InChI=1S/C36H37F2N3O5S/c1-46-31-19-21-32(22-20-31)47(44,45)41(30-17-15-28(37)16-18-30)25-35(42)40(24-27-11-5-8-14-33(27)38)34(23-26-9-3-2-4-10-26)36(43)39-29-12-6-7-13-29/h2-5,8-11,14-22,29,34H,6-7,12-13,23-25H2,1H3,(H,39,43)/t34-/m0/s1. The number of carbonyl (C=O) groups excluding carboxylic acids is 2. The van der Waals surface area contributed by atoms with Gasteiger partial charge in [-0.2, -0.15) is 0 Å². The van der Waals surface area contributed by atoms with Gasteiger partial charge in [-0.25, -0.2) is 17.2 Å². The van der Waals surface area contributed by atoms with Crippen molar-refractivity contribution in [3.8, 4) is 5.75 Å². The van der Waals surface area contributed by atoms with Gasteiger partial charge in [0, 0.05) is 24.6 Å². The van der Waals surface area contributed by atoms with Crippen molar-refractivity contribution in [3.63, 3.8) is 0 Å². The van der Waals surface area contributed by atoms with Crippen LogP contribution < -0.4 is 14.4 Å². The third kappa shape index (κ3) is 8.34. The minimum absolute atomic E-state index is 0.0384. The molecule has 1 aliphatic carbocycles. The molecule has 2 amide bonds. The van der Waals surface area contributed by atoms with Crippen LogP contribution in [-0.4, -0.2) is 50.9 Å². The van der Waals surface area contributed by atoms with E-state index in [1.54, 1.807) is 6.07 Å². The second-order valence-corrected chi connectivity index (χ2v) is 13.3. The van der Waals surface area contributed by atoms with Gasteiger partial charge in [-0.1, -0.05) is 61.4 Å². The molecule has 1 aliphatic rings. The Morgan fingerprint density at radius 3 is 2.15 bits per heavy atom. The molecule has 0 aliphatic heterocycles. The Bertz CT molecular complexity index is 1760. The zero-order valence-electron chi connectivity index (χ0n) is 26.0. The fraction of sp³-hybridized carbons (Fsp3) is 0.278. The summed E-state index contributed by atoms with van der Waals surface area (Å²) in [4.78, 5) is 29.6. The number of rotatable bonds is 13. The maximum Gasteiger partial charge on any atom is 0.264 e. The summed E-state index contributed by atoms with van der Waals surface area (Å²) in [6.07, 6.45) is 3.68. The highest BCUT2D eigenvalue weighted by molar-refractivity contribution is 7.92. The Labute approximate surface area is 274 Å². The predicted octanol–water partition coefficient (Wildman–Crippen LogP) is 5.87. The molecule has 0 unspecified atom stereocenters.